The zero-order chi connectivity index (χ0) is 24.0. The number of rotatable bonds is 6. The lowest BCUT2D eigenvalue weighted by atomic mass is 10.00. The number of carbonyl (C=O) groups excluding carboxylic acids is 3. The highest BCUT2D eigenvalue weighted by Gasteiger charge is 2.19. The van der Waals surface area contributed by atoms with Crippen LogP contribution in [0.3, 0.4) is 0 Å². The van der Waals surface area contributed by atoms with E-state index in [-0.39, 0.29) is 17.0 Å². The average Bonchev–Trinajstić information content (AvgIpc) is 3.17. The summed E-state index contributed by atoms with van der Waals surface area (Å²) in [5.74, 6) is -1.61. The summed E-state index contributed by atoms with van der Waals surface area (Å²) in [6.45, 7) is -0.384. The lowest BCUT2D eigenvalue weighted by Gasteiger charge is -2.12. The molecule has 1 aromatic heterocycles. The fourth-order valence-corrected chi connectivity index (χ4v) is 5.56. The van der Waals surface area contributed by atoms with Crippen molar-refractivity contribution >= 4 is 39.1 Å². The van der Waals surface area contributed by atoms with Crippen molar-refractivity contribution < 1.29 is 22.8 Å². The number of amides is 3. The fourth-order valence-electron chi connectivity index (χ4n) is 3.46. The van der Waals surface area contributed by atoms with E-state index in [0.717, 1.165) is 30.0 Å². The molecule has 3 amide bonds. The smallest absolute Gasteiger partial charge is 0.279 e. The number of nitrogens with zero attached hydrogens (tertiary/aromatic N) is 1. The number of nitrogens with one attached hydrogen (secondary N) is 3. The van der Waals surface area contributed by atoms with Crippen LogP contribution in [0.1, 0.15) is 56.2 Å². The molecule has 2 aromatic rings. The van der Waals surface area contributed by atoms with Crippen molar-refractivity contribution in [1.82, 2.24) is 20.5 Å². The minimum atomic E-state index is -3.69. The quantitative estimate of drug-likeness (QED) is 0.531. The van der Waals surface area contributed by atoms with Crippen molar-refractivity contribution in [2.45, 2.75) is 43.4 Å². The second-order valence-electron chi connectivity index (χ2n) is 7.97. The van der Waals surface area contributed by atoms with Crippen molar-refractivity contribution in [2.24, 2.45) is 0 Å². The second-order valence-corrected chi connectivity index (χ2v) is 11.3. The third-order valence-corrected chi connectivity index (χ3v) is 8.37. The first-order valence-corrected chi connectivity index (χ1v) is 13.0. The summed E-state index contributed by atoms with van der Waals surface area (Å²) >= 11 is 1.45. The summed E-state index contributed by atoms with van der Waals surface area (Å²) in [6.07, 6.45) is 6.59. The number of fused-ring (bicyclic) bond motifs is 1. The van der Waals surface area contributed by atoms with E-state index in [1.165, 1.54) is 73.0 Å². The Morgan fingerprint density at radius 3 is 2.42 bits per heavy atom. The molecule has 0 atom stereocenters. The minimum Gasteiger partial charge on any atom is -0.343 e. The van der Waals surface area contributed by atoms with Gasteiger partial charge in [0, 0.05) is 24.5 Å². The average molecular weight is 493 g/mol. The molecule has 1 aliphatic carbocycles. The van der Waals surface area contributed by atoms with Crippen LogP contribution in [0.2, 0.25) is 0 Å². The fraction of sp³-hybridized carbons (Fsp3) is 0.409. The van der Waals surface area contributed by atoms with E-state index in [0.29, 0.717) is 4.88 Å². The Morgan fingerprint density at radius 2 is 1.70 bits per heavy atom. The molecule has 0 aliphatic heterocycles. The van der Waals surface area contributed by atoms with E-state index in [1.54, 1.807) is 0 Å². The van der Waals surface area contributed by atoms with Crippen molar-refractivity contribution in [2.75, 3.05) is 20.6 Å². The molecule has 11 heteroatoms. The van der Waals surface area contributed by atoms with E-state index < -0.39 is 27.7 Å². The van der Waals surface area contributed by atoms with Gasteiger partial charge in [-0.15, -0.1) is 11.3 Å². The first-order valence-electron chi connectivity index (χ1n) is 10.7. The summed E-state index contributed by atoms with van der Waals surface area (Å²) in [4.78, 5) is 38.6. The Hall–Kier alpha value is -2.76. The van der Waals surface area contributed by atoms with Crippen molar-refractivity contribution in [3.63, 3.8) is 0 Å². The summed E-state index contributed by atoms with van der Waals surface area (Å²) in [6, 6.07) is 7.43. The maximum atomic E-state index is 12.4. The summed E-state index contributed by atoms with van der Waals surface area (Å²) < 4.78 is 25.5. The van der Waals surface area contributed by atoms with Gasteiger partial charge >= 0.3 is 0 Å². The lowest BCUT2D eigenvalue weighted by molar-refractivity contribution is -0.120. The maximum Gasteiger partial charge on any atom is 0.279 e. The molecular formula is C22H28N4O5S2. The van der Waals surface area contributed by atoms with Crippen LogP contribution in [0.15, 0.2) is 35.2 Å². The van der Waals surface area contributed by atoms with Crippen LogP contribution in [0, 0.1) is 0 Å². The van der Waals surface area contributed by atoms with E-state index in [2.05, 4.69) is 16.2 Å². The van der Waals surface area contributed by atoms with Gasteiger partial charge in [0.15, 0.2) is 0 Å². The predicted molar refractivity (Wildman–Crippen MR) is 125 cm³/mol. The Kier molecular flexibility index (Phi) is 8.22. The Morgan fingerprint density at radius 1 is 0.970 bits per heavy atom. The third-order valence-electron chi connectivity index (χ3n) is 5.32. The first kappa shape index (κ1) is 24.9. The summed E-state index contributed by atoms with van der Waals surface area (Å²) in [5.41, 5.74) is 5.99. The molecule has 33 heavy (non-hydrogen) atoms. The number of aryl methyl sites for hydroxylation is 2. The molecule has 0 saturated heterocycles. The molecule has 0 bridgehead atoms. The minimum absolute atomic E-state index is 0.0260. The van der Waals surface area contributed by atoms with Crippen molar-refractivity contribution in [3.8, 4) is 0 Å². The molecule has 1 aromatic carbocycles. The number of hydrogen-bond donors (Lipinski definition) is 3. The highest BCUT2D eigenvalue weighted by Crippen LogP contribution is 2.28. The Balaban J connectivity index is 1.51. The zero-order valence-electron chi connectivity index (χ0n) is 18.6. The number of hydrogen-bond acceptors (Lipinski definition) is 6. The van der Waals surface area contributed by atoms with E-state index in [4.69, 9.17) is 0 Å². The number of thiophene rings is 1. The molecule has 1 aliphatic rings. The SMILES string of the molecule is CN(C)S(=O)(=O)c1cccc(C(=O)NCC(=O)NNC(=O)c2cc3c(s2)CCCCCC3)c1. The molecule has 9 nitrogen and oxygen atoms in total. The topological polar surface area (TPSA) is 125 Å². The molecule has 3 N–H and O–H groups in total. The molecule has 178 valence electrons. The van der Waals surface area contributed by atoms with Gasteiger partial charge in [-0.3, -0.25) is 25.2 Å². The van der Waals surface area contributed by atoms with Gasteiger partial charge in [-0.05, 0) is 55.5 Å². The van der Waals surface area contributed by atoms with Gasteiger partial charge in [-0.25, -0.2) is 12.7 Å². The number of carbonyl (C=O) groups is 3. The van der Waals surface area contributed by atoms with Crippen LogP contribution in [-0.4, -0.2) is 51.1 Å². The van der Waals surface area contributed by atoms with Gasteiger partial charge in [-0.1, -0.05) is 18.9 Å². The molecule has 3 rings (SSSR count). The monoisotopic (exact) mass is 492 g/mol. The molecule has 0 radical (unpaired) electrons. The van der Waals surface area contributed by atoms with Crippen LogP contribution in [-0.2, 0) is 27.7 Å². The normalized spacial score (nSPS) is 14.0. The van der Waals surface area contributed by atoms with Crippen LogP contribution >= 0.6 is 11.3 Å². The Bertz CT molecular complexity index is 1120. The predicted octanol–water partition coefficient (Wildman–Crippen LogP) is 1.85. The van der Waals surface area contributed by atoms with Gasteiger partial charge in [-0.2, -0.15) is 0 Å². The summed E-state index contributed by atoms with van der Waals surface area (Å²) in [5, 5.41) is 2.42. The van der Waals surface area contributed by atoms with Crippen molar-refractivity contribution in [1.29, 1.82) is 0 Å². The largest absolute Gasteiger partial charge is 0.343 e. The van der Waals surface area contributed by atoms with E-state index in [1.807, 2.05) is 6.07 Å². The van der Waals surface area contributed by atoms with Gasteiger partial charge < -0.3 is 5.32 Å². The molecule has 1 heterocycles. The molecular weight excluding hydrogens is 464 g/mol. The van der Waals surface area contributed by atoms with Crippen LogP contribution < -0.4 is 16.2 Å². The van der Waals surface area contributed by atoms with Gasteiger partial charge in [0.25, 0.3) is 17.7 Å². The lowest BCUT2D eigenvalue weighted by Crippen LogP contribution is -2.46. The first-order chi connectivity index (χ1) is 15.7. The molecule has 0 unspecified atom stereocenters. The highest BCUT2D eigenvalue weighted by molar-refractivity contribution is 7.89. The van der Waals surface area contributed by atoms with Gasteiger partial charge in [0.05, 0.1) is 16.3 Å². The highest BCUT2D eigenvalue weighted by atomic mass is 32.2. The zero-order valence-corrected chi connectivity index (χ0v) is 20.3. The number of hydrazine groups is 1. The molecule has 0 spiro atoms. The van der Waals surface area contributed by atoms with Crippen LogP contribution in [0.4, 0.5) is 0 Å². The van der Waals surface area contributed by atoms with E-state index >= 15 is 0 Å². The maximum absolute atomic E-state index is 12.4. The van der Waals surface area contributed by atoms with E-state index in [9.17, 15) is 22.8 Å². The van der Waals surface area contributed by atoms with Crippen LogP contribution in [0.5, 0.6) is 0 Å². The Labute approximate surface area is 197 Å². The molecule has 0 saturated carbocycles. The third kappa shape index (κ3) is 6.40. The van der Waals surface area contributed by atoms with Gasteiger partial charge in [0.2, 0.25) is 10.0 Å². The number of sulfonamides is 1. The van der Waals surface area contributed by atoms with Crippen LogP contribution in [0.25, 0.3) is 0 Å². The number of benzene rings is 1. The van der Waals surface area contributed by atoms with Gasteiger partial charge in [0.1, 0.15) is 0 Å². The summed E-state index contributed by atoms with van der Waals surface area (Å²) in [7, 11) is -0.891. The second kappa shape index (κ2) is 10.9. The standard InChI is InChI=1S/C22H28N4O5S2/c1-26(2)33(30,31)17-10-7-9-16(12-17)21(28)23-14-20(27)24-25-22(29)19-13-15-8-5-3-4-6-11-18(15)32-19/h7,9-10,12-13H,3-6,8,11,14H2,1-2H3,(H,23,28)(H,24,27)(H,25,29). The van der Waals surface area contributed by atoms with Crippen molar-refractivity contribution in [3.05, 3.63) is 51.2 Å². The molecule has 0 fully saturated rings.